The minimum atomic E-state index is -2.44. The maximum atomic E-state index is 7.05. The van der Waals surface area contributed by atoms with Gasteiger partial charge in [-0.2, -0.15) is 0 Å². The quantitative estimate of drug-likeness (QED) is 0.282. The maximum Gasteiger partial charge on any atom is 0.261 e. The molecule has 0 aromatic heterocycles. The molecule has 3 rings (SSSR count). The molecule has 0 amide bonds. The number of hydrogen-bond donors (Lipinski definition) is 0. The van der Waals surface area contributed by atoms with Crippen LogP contribution in [0.2, 0.25) is 5.04 Å². The van der Waals surface area contributed by atoms with Crippen molar-refractivity contribution in [2.45, 2.75) is 52.5 Å². The van der Waals surface area contributed by atoms with Crippen molar-refractivity contribution in [3.8, 4) is 0 Å². The van der Waals surface area contributed by atoms with E-state index < -0.39 is 8.32 Å². The van der Waals surface area contributed by atoms with Crippen molar-refractivity contribution in [2.24, 2.45) is 0 Å². The SMILES string of the molecule is CC(C)=C(CCCO[Si](c1ccccc1)(c1ccccc1)C(C)(C)C)c1ccccc1. The van der Waals surface area contributed by atoms with Crippen LogP contribution in [0.3, 0.4) is 0 Å². The highest BCUT2D eigenvalue weighted by molar-refractivity contribution is 6.99. The third kappa shape index (κ3) is 5.26. The van der Waals surface area contributed by atoms with Gasteiger partial charge in [0, 0.05) is 6.61 Å². The Morgan fingerprint density at radius 2 is 1.16 bits per heavy atom. The Morgan fingerprint density at radius 1 is 0.710 bits per heavy atom. The number of allylic oxidation sites excluding steroid dienone is 2. The van der Waals surface area contributed by atoms with Crippen LogP contribution in [0.4, 0.5) is 0 Å². The summed E-state index contributed by atoms with van der Waals surface area (Å²) in [5.74, 6) is 0. The Bertz CT molecular complexity index is 926. The van der Waals surface area contributed by atoms with Crippen molar-refractivity contribution in [3.05, 3.63) is 102 Å². The smallest absolute Gasteiger partial charge is 0.261 e. The molecule has 0 saturated heterocycles. The largest absolute Gasteiger partial charge is 0.407 e. The van der Waals surface area contributed by atoms with E-state index >= 15 is 0 Å². The Labute approximate surface area is 189 Å². The molecule has 0 heterocycles. The van der Waals surface area contributed by atoms with Crippen LogP contribution in [0.25, 0.3) is 5.57 Å². The van der Waals surface area contributed by atoms with Crippen molar-refractivity contribution < 1.29 is 4.43 Å². The summed E-state index contributed by atoms with van der Waals surface area (Å²) in [6.07, 6.45) is 2.05. The predicted molar refractivity (Wildman–Crippen MR) is 138 cm³/mol. The first-order valence-corrected chi connectivity index (χ1v) is 13.2. The first kappa shape index (κ1) is 23.2. The van der Waals surface area contributed by atoms with Gasteiger partial charge in [-0.05, 0) is 53.2 Å². The Balaban J connectivity index is 1.87. The topological polar surface area (TPSA) is 9.23 Å². The van der Waals surface area contributed by atoms with E-state index in [1.807, 2.05) is 0 Å². The van der Waals surface area contributed by atoms with Crippen LogP contribution >= 0.6 is 0 Å². The third-order valence-electron chi connectivity index (χ3n) is 6.03. The Morgan fingerprint density at radius 3 is 1.58 bits per heavy atom. The zero-order valence-electron chi connectivity index (χ0n) is 19.7. The lowest BCUT2D eigenvalue weighted by Gasteiger charge is -2.43. The van der Waals surface area contributed by atoms with Crippen LogP contribution < -0.4 is 10.4 Å². The highest BCUT2D eigenvalue weighted by Crippen LogP contribution is 2.37. The highest BCUT2D eigenvalue weighted by atomic mass is 28.4. The van der Waals surface area contributed by atoms with E-state index in [0.717, 1.165) is 19.4 Å². The second kappa shape index (κ2) is 10.3. The predicted octanol–water partition coefficient (Wildman–Crippen LogP) is 6.84. The van der Waals surface area contributed by atoms with Crippen LogP contribution in [0.5, 0.6) is 0 Å². The van der Waals surface area contributed by atoms with Crippen molar-refractivity contribution in [1.29, 1.82) is 0 Å². The third-order valence-corrected chi connectivity index (χ3v) is 11.1. The molecule has 3 aromatic rings. The Hall–Kier alpha value is -2.42. The molecule has 3 aromatic carbocycles. The highest BCUT2D eigenvalue weighted by Gasteiger charge is 2.49. The molecule has 1 nitrogen and oxygen atoms in total. The molecule has 0 fully saturated rings. The molecule has 0 unspecified atom stereocenters. The normalized spacial score (nSPS) is 11.9. The van der Waals surface area contributed by atoms with Gasteiger partial charge in [-0.25, -0.2) is 0 Å². The fourth-order valence-electron chi connectivity index (χ4n) is 4.56. The van der Waals surface area contributed by atoms with Crippen LogP contribution in [0.15, 0.2) is 96.6 Å². The zero-order valence-corrected chi connectivity index (χ0v) is 20.7. The van der Waals surface area contributed by atoms with E-state index in [9.17, 15) is 0 Å². The molecule has 0 N–H and O–H groups in total. The summed E-state index contributed by atoms with van der Waals surface area (Å²) < 4.78 is 7.05. The van der Waals surface area contributed by atoms with Crippen LogP contribution in [-0.4, -0.2) is 14.9 Å². The van der Waals surface area contributed by atoms with E-state index in [0.29, 0.717) is 0 Å². The minimum absolute atomic E-state index is 0.0223. The summed E-state index contributed by atoms with van der Waals surface area (Å²) in [5.41, 5.74) is 4.15. The van der Waals surface area contributed by atoms with Gasteiger partial charge < -0.3 is 4.43 Å². The molecule has 0 aliphatic rings. The van der Waals surface area contributed by atoms with Crippen molar-refractivity contribution in [2.75, 3.05) is 6.61 Å². The molecule has 0 aliphatic carbocycles. The van der Waals surface area contributed by atoms with Gasteiger partial charge in [0.15, 0.2) is 0 Å². The van der Waals surface area contributed by atoms with Crippen LogP contribution in [-0.2, 0) is 4.43 Å². The van der Waals surface area contributed by atoms with Gasteiger partial charge in [0.05, 0.1) is 0 Å². The zero-order chi connectivity index (χ0) is 22.3. The lowest BCUT2D eigenvalue weighted by molar-refractivity contribution is 0.293. The molecule has 0 aliphatic heterocycles. The summed E-state index contributed by atoms with van der Waals surface area (Å²) in [6.45, 7) is 12.2. The fourth-order valence-corrected chi connectivity index (χ4v) is 9.16. The van der Waals surface area contributed by atoms with E-state index in [4.69, 9.17) is 4.43 Å². The van der Waals surface area contributed by atoms with Crippen LogP contribution in [0, 0.1) is 0 Å². The summed E-state index contributed by atoms with van der Waals surface area (Å²) in [6, 6.07) is 32.6. The molecule has 2 heteroatoms. The minimum Gasteiger partial charge on any atom is -0.407 e. The summed E-state index contributed by atoms with van der Waals surface area (Å²) >= 11 is 0. The fraction of sp³-hybridized carbons (Fsp3) is 0.310. The number of rotatable bonds is 8. The number of hydrogen-bond acceptors (Lipinski definition) is 1. The first-order valence-electron chi connectivity index (χ1n) is 11.3. The molecule has 0 saturated carbocycles. The van der Waals surface area contributed by atoms with E-state index in [2.05, 4.69) is 126 Å². The molecular weight excluding hydrogens is 392 g/mol. The second-order valence-electron chi connectivity index (χ2n) is 9.46. The molecular formula is C29H36OSi. The standard InChI is InChI=1S/C29H36OSi/c1-24(2)28(25-16-9-6-10-17-25)22-15-23-30-31(29(3,4)5,26-18-11-7-12-19-26)27-20-13-8-14-21-27/h6-14,16-21H,15,22-23H2,1-5H3. The van der Waals surface area contributed by atoms with Crippen molar-refractivity contribution in [3.63, 3.8) is 0 Å². The average molecular weight is 429 g/mol. The number of benzene rings is 3. The van der Waals surface area contributed by atoms with Gasteiger partial charge in [0.1, 0.15) is 0 Å². The monoisotopic (exact) mass is 428 g/mol. The van der Waals surface area contributed by atoms with Gasteiger partial charge >= 0.3 is 0 Å². The lowest BCUT2D eigenvalue weighted by atomic mass is 9.97. The van der Waals surface area contributed by atoms with E-state index in [1.165, 1.54) is 27.1 Å². The molecule has 0 radical (unpaired) electrons. The molecule has 31 heavy (non-hydrogen) atoms. The van der Waals surface area contributed by atoms with E-state index in [-0.39, 0.29) is 5.04 Å². The molecule has 162 valence electrons. The van der Waals surface area contributed by atoms with Crippen LogP contribution in [0.1, 0.15) is 53.0 Å². The maximum absolute atomic E-state index is 7.05. The van der Waals surface area contributed by atoms with E-state index in [1.54, 1.807) is 0 Å². The molecule has 0 spiro atoms. The lowest BCUT2D eigenvalue weighted by Crippen LogP contribution is -2.66. The summed E-state index contributed by atoms with van der Waals surface area (Å²) in [5, 5.41) is 2.72. The Kier molecular flexibility index (Phi) is 7.69. The van der Waals surface area contributed by atoms with Gasteiger partial charge in [-0.3, -0.25) is 0 Å². The second-order valence-corrected chi connectivity index (χ2v) is 13.8. The van der Waals surface area contributed by atoms with Crippen molar-refractivity contribution in [1.82, 2.24) is 0 Å². The summed E-state index contributed by atoms with van der Waals surface area (Å²) in [7, 11) is -2.44. The van der Waals surface area contributed by atoms with Gasteiger partial charge in [0.25, 0.3) is 8.32 Å². The summed E-state index contributed by atoms with van der Waals surface area (Å²) in [4.78, 5) is 0. The van der Waals surface area contributed by atoms with Crippen molar-refractivity contribution >= 4 is 24.3 Å². The van der Waals surface area contributed by atoms with Gasteiger partial charge in [-0.15, -0.1) is 0 Å². The average Bonchev–Trinajstić information content (AvgIpc) is 2.77. The van der Waals surface area contributed by atoms with Gasteiger partial charge in [-0.1, -0.05) is 117 Å². The van der Waals surface area contributed by atoms with Gasteiger partial charge in [0.2, 0.25) is 0 Å². The molecule has 0 bridgehead atoms. The first-order chi connectivity index (χ1) is 14.9. The molecule has 0 atom stereocenters.